The van der Waals surface area contributed by atoms with E-state index >= 15 is 0 Å². The van der Waals surface area contributed by atoms with Crippen LogP contribution in [0.5, 0.6) is 0 Å². The molecule has 0 aliphatic carbocycles. The molecule has 1 aliphatic heterocycles. The summed E-state index contributed by atoms with van der Waals surface area (Å²) in [5.41, 5.74) is -0.586. The second-order valence-electron chi connectivity index (χ2n) is 4.98. The number of carbonyl (C=O) groups is 1. The lowest BCUT2D eigenvalue weighted by molar-refractivity contribution is -0.485. The van der Waals surface area contributed by atoms with Gasteiger partial charge in [0.05, 0.1) is 30.0 Å². The van der Waals surface area contributed by atoms with Crippen LogP contribution in [0.25, 0.3) is 0 Å². The van der Waals surface area contributed by atoms with Gasteiger partial charge < -0.3 is 4.74 Å². The quantitative estimate of drug-likeness (QED) is 0.604. The van der Waals surface area contributed by atoms with Crippen LogP contribution in [0.4, 0.5) is 10.1 Å². The van der Waals surface area contributed by atoms with E-state index in [2.05, 4.69) is 0 Å². The molecule has 0 bridgehead atoms. The lowest BCUT2D eigenvalue weighted by Crippen LogP contribution is -2.35. The molecule has 1 aliphatic rings. The van der Waals surface area contributed by atoms with Gasteiger partial charge >= 0.3 is 0 Å². The van der Waals surface area contributed by atoms with Crippen LogP contribution < -0.4 is 0 Å². The molecular formula is C13H13FN2O6. The van der Waals surface area contributed by atoms with Crippen LogP contribution in [-0.2, 0) is 9.53 Å². The van der Waals surface area contributed by atoms with E-state index in [1.165, 1.54) is 0 Å². The molecule has 2 rings (SSSR count). The van der Waals surface area contributed by atoms with Crippen LogP contribution in [0.2, 0.25) is 0 Å². The number of rotatable bonds is 5. The van der Waals surface area contributed by atoms with Crippen LogP contribution in [0.3, 0.4) is 0 Å². The first-order valence-corrected chi connectivity index (χ1v) is 6.56. The van der Waals surface area contributed by atoms with E-state index in [-0.39, 0.29) is 31.0 Å². The Morgan fingerprint density at radius 3 is 2.68 bits per heavy atom. The molecule has 1 fully saturated rings. The zero-order valence-corrected chi connectivity index (χ0v) is 11.4. The number of hydrogen-bond acceptors (Lipinski definition) is 6. The molecular weight excluding hydrogens is 299 g/mol. The van der Waals surface area contributed by atoms with Crippen molar-refractivity contribution in [1.82, 2.24) is 0 Å². The van der Waals surface area contributed by atoms with E-state index in [4.69, 9.17) is 4.74 Å². The fourth-order valence-corrected chi connectivity index (χ4v) is 2.59. The minimum absolute atomic E-state index is 0.0645. The molecule has 0 N–H and O–H groups in total. The Balaban J connectivity index is 2.49. The molecule has 2 atom stereocenters. The maximum absolute atomic E-state index is 13.5. The fraction of sp³-hybridized carbons (Fsp3) is 0.462. The van der Waals surface area contributed by atoms with Crippen molar-refractivity contribution in [3.05, 3.63) is 49.8 Å². The molecule has 1 aromatic carbocycles. The lowest BCUT2D eigenvalue weighted by Gasteiger charge is -2.26. The van der Waals surface area contributed by atoms with Gasteiger partial charge in [-0.3, -0.25) is 25.0 Å². The molecule has 8 nitrogen and oxygen atoms in total. The highest BCUT2D eigenvalue weighted by atomic mass is 19.1. The van der Waals surface area contributed by atoms with E-state index < -0.39 is 39.7 Å². The molecule has 0 aromatic heterocycles. The van der Waals surface area contributed by atoms with E-state index in [1.54, 1.807) is 0 Å². The molecule has 1 aromatic rings. The van der Waals surface area contributed by atoms with Crippen molar-refractivity contribution in [1.29, 1.82) is 0 Å². The third kappa shape index (κ3) is 3.42. The molecule has 0 radical (unpaired) electrons. The number of ether oxygens (including phenoxy) is 1. The highest BCUT2D eigenvalue weighted by Gasteiger charge is 2.38. The lowest BCUT2D eigenvalue weighted by atomic mass is 9.81. The average Bonchev–Trinajstić information content (AvgIpc) is 2.45. The van der Waals surface area contributed by atoms with Gasteiger partial charge in [0.1, 0.15) is 11.6 Å². The van der Waals surface area contributed by atoms with Crippen molar-refractivity contribution in [2.24, 2.45) is 5.92 Å². The molecule has 0 amide bonds. The van der Waals surface area contributed by atoms with Crippen LogP contribution in [0.15, 0.2) is 18.2 Å². The third-order valence-electron chi connectivity index (χ3n) is 3.62. The number of nitro groups is 2. The van der Waals surface area contributed by atoms with Crippen molar-refractivity contribution in [2.75, 3.05) is 19.8 Å². The summed E-state index contributed by atoms with van der Waals surface area (Å²) in [5, 5.41) is 22.0. The van der Waals surface area contributed by atoms with Gasteiger partial charge in [-0.1, -0.05) is 0 Å². The zero-order chi connectivity index (χ0) is 16.3. The monoisotopic (exact) mass is 312 g/mol. The Bertz CT molecular complexity index is 621. The summed E-state index contributed by atoms with van der Waals surface area (Å²) in [6, 6.07) is 2.74. The van der Waals surface area contributed by atoms with Gasteiger partial charge in [0.25, 0.3) is 5.69 Å². The summed E-state index contributed by atoms with van der Waals surface area (Å²) >= 11 is 0. The Morgan fingerprint density at radius 1 is 1.36 bits per heavy atom. The van der Waals surface area contributed by atoms with Crippen molar-refractivity contribution in [2.45, 2.75) is 12.3 Å². The molecule has 22 heavy (non-hydrogen) atoms. The Labute approximate surface area is 124 Å². The first-order valence-electron chi connectivity index (χ1n) is 6.56. The molecule has 0 saturated carbocycles. The minimum atomic E-state index is -1.10. The number of halogens is 1. The Hall–Kier alpha value is -2.42. The van der Waals surface area contributed by atoms with Gasteiger partial charge in [-0.25, -0.2) is 4.39 Å². The summed E-state index contributed by atoms with van der Waals surface area (Å²) in [6.07, 6.45) is 0.0853. The SMILES string of the molecule is O=C1CCOCC1C(C[N+](=O)[O-])c1cc(F)ccc1[N+](=O)[O-]. The predicted octanol–water partition coefficient (Wildman–Crippen LogP) is 1.70. The van der Waals surface area contributed by atoms with Crippen molar-refractivity contribution in [3.63, 3.8) is 0 Å². The molecule has 1 saturated heterocycles. The maximum Gasteiger partial charge on any atom is 0.273 e. The molecule has 0 spiro atoms. The standard InChI is InChI=1S/C13H13FN2O6/c14-8-1-2-12(16(20)21)9(5-8)10(6-15(18)19)11-7-22-4-3-13(11)17/h1-2,5,10-11H,3-4,6-7H2. The summed E-state index contributed by atoms with van der Waals surface area (Å²) in [4.78, 5) is 32.6. The van der Waals surface area contributed by atoms with Gasteiger partial charge in [0.15, 0.2) is 0 Å². The van der Waals surface area contributed by atoms with E-state index in [0.717, 1.165) is 18.2 Å². The van der Waals surface area contributed by atoms with Crippen LogP contribution in [0.1, 0.15) is 17.9 Å². The first kappa shape index (κ1) is 16.0. The van der Waals surface area contributed by atoms with Crippen LogP contribution >= 0.6 is 0 Å². The van der Waals surface area contributed by atoms with Crippen molar-refractivity contribution in [3.8, 4) is 0 Å². The molecule has 1 heterocycles. The van der Waals surface area contributed by atoms with Gasteiger partial charge in [-0.2, -0.15) is 0 Å². The van der Waals surface area contributed by atoms with Gasteiger partial charge in [0, 0.05) is 23.0 Å². The summed E-state index contributed by atoms with van der Waals surface area (Å²) in [5.74, 6) is -3.01. The third-order valence-corrected chi connectivity index (χ3v) is 3.62. The summed E-state index contributed by atoms with van der Waals surface area (Å²) in [6.45, 7) is -0.555. The van der Waals surface area contributed by atoms with Crippen LogP contribution in [-0.4, -0.2) is 35.4 Å². The number of benzene rings is 1. The van der Waals surface area contributed by atoms with Gasteiger partial charge in [-0.05, 0) is 12.1 Å². The highest BCUT2D eigenvalue weighted by Crippen LogP contribution is 2.35. The number of nitro benzene ring substituents is 1. The van der Waals surface area contributed by atoms with E-state index in [1.807, 2.05) is 0 Å². The smallest absolute Gasteiger partial charge is 0.273 e. The highest BCUT2D eigenvalue weighted by molar-refractivity contribution is 5.83. The number of ketones is 1. The average molecular weight is 312 g/mol. The second-order valence-corrected chi connectivity index (χ2v) is 4.98. The number of carbonyl (C=O) groups excluding carboxylic acids is 1. The maximum atomic E-state index is 13.5. The zero-order valence-electron chi connectivity index (χ0n) is 11.4. The van der Waals surface area contributed by atoms with E-state index in [9.17, 15) is 29.4 Å². The number of hydrogen-bond donors (Lipinski definition) is 0. The number of Topliss-reactive ketones (excluding diaryl/α,β-unsaturated/α-hetero) is 1. The predicted molar refractivity (Wildman–Crippen MR) is 71.6 cm³/mol. The van der Waals surface area contributed by atoms with Crippen molar-refractivity contribution >= 4 is 11.5 Å². The molecule has 118 valence electrons. The normalized spacial score (nSPS) is 19.7. The van der Waals surface area contributed by atoms with E-state index in [0.29, 0.717) is 0 Å². The molecule has 9 heteroatoms. The largest absolute Gasteiger partial charge is 0.380 e. The Morgan fingerprint density at radius 2 is 2.09 bits per heavy atom. The molecule has 2 unspecified atom stereocenters. The van der Waals surface area contributed by atoms with Crippen LogP contribution in [0, 0.1) is 32.0 Å². The van der Waals surface area contributed by atoms with Crippen molar-refractivity contribution < 1.29 is 23.8 Å². The number of nitrogens with zero attached hydrogens (tertiary/aromatic N) is 2. The Kier molecular flexibility index (Phi) is 4.76. The second kappa shape index (κ2) is 6.56. The summed E-state index contributed by atoms with van der Waals surface area (Å²) in [7, 11) is 0. The first-order chi connectivity index (χ1) is 10.4. The fourth-order valence-electron chi connectivity index (χ4n) is 2.59. The minimum Gasteiger partial charge on any atom is -0.380 e. The van der Waals surface area contributed by atoms with Gasteiger partial charge in [0.2, 0.25) is 6.54 Å². The summed E-state index contributed by atoms with van der Waals surface area (Å²) < 4.78 is 18.6. The van der Waals surface area contributed by atoms with Gasteiger partial charge in [-0.15, -0.1) is 0 Å². The topological polar surface area (TPSA) is 113 Å².